The van der Waals surface area contributed by atoms with Gasteiger partial charge < -0.3 is 29.9 Å². The molecular formula is C15H21N5O5. The van der Waals surface area contributed by atoms with E-state index in [0.717, 1.165) is 32.4 Å². The van der Waals surface area contributed by atoms with Gasteiger partial charge in [0.25, 0.3) is 5.56 Å². The Morgan fingerprint density at radius 3 is 2.68 bits per heavy atom. The lowest BCUT2D eigenvalue weighted by molar-refractivity contribution is -0.0504. The van der Waals surface area contributed by atoms with Gasteiger partial charge in [0.1, 0.15) is 18.3 Å². The van der Waals surface area contributed by atoms with Gasteiger partial charge in [0.15, 0.2) is 17.4 Å². The maximum absolute atomic E-state index is 12.1. The van der Waals surface area contributed by atoms with Crippen molar-refractivity contribution in [3.8, 4) is 0 Å². The second kappa shape index (κ2) is 6.37. The Labute approximate surface area is 142 Å². The monoisotopic (exact) mass is 351 g/mol. The number of nitrogens with zero attached hydrogens (tertiary/aromatic N) is 4. The molecule has 0 spiro atoms. The summed E-state index contributed by atoms with van der Waals surface area (Å²) in [5.41, 5.74) is 0.0497. The molecule has 0 aliphatic carbocycles. The maximum atomic E-state index is 12.1. The fourth-order valence-corrected chi connectivity index (χ4v) is 3.55. The molecule has 4 N–H and O–H groups in total. The Hall–Kier alpha value is -2.01. The van der Waals surface area contributed by atoms with Gasteiger partial charge >= 0.3 is 0 Å². The van der Waals surface area contributed by atoms with E-state index in [1.807, 2.05) is 4.90 Å². The minimum atomic E-state index is -1.26. The second-order valence-electron chi connectivity index (χ2n) is 6.46. The standard InChI is InChI=1S/C15H21N5O5/c21-6-8-10(22)11(23)14(25-8)20-12-9(13(24)17-7-16-12)18-15(20)19-4-2-1-3-5-19/h7-8,10-11,14,21-23H,1-6H2,(H,16,17,24)/t8-,10-,11-,14-/m1/s1. The molecule has 2 aromatic rings. The number of rotatable bonds is 3. The summed E-state index contributed by atoms with van der Waals surface area (Å²) in [5, 5.41) is 29.8. The molecule has 2 aliphatic heterocycles. The van der Waals surface area contributed by atoms with Crippen LogP contribution in [0.2, 0.25) is 0 Å². The summed E-state index contributed by atoms with van der Waals surface area (Å²) in [5.74, 6) is 0.480. The highest BCUT2D eigenvalue weighted by molar-refractivity contribution is 5.73. The van der Waals surface area contributed by atoms with Crippen molar-refractivity contribution in [2.24, 2.45) is 0 Å². The van der Waals surface area contributed by atoms with Crippen LogP contribution in [0.25, 0.3) is 11.2 Å². The number of ether oxygens (including phenoxy) is 1. The van der Waals surface area contributed by atoms with Crippen molar-refractivity contribution < 1.29 is 20.1 Å². The Morgan fingerprint density at radius 1 is 1.24 bits per heavy atom. The molecule has 0 unspecified atom stereocenters. The van der Waals surface area contributed by atoms with E-state index in [-0.39, 0.29) is 16.7 Å². The molecule has 10 heteroatoms. The summed E-state index contributed by atoms with van der Waals surface area (Å²) in [7, 11) is 0. The van der Waals surface area contributed by atoms with Gasteiger partial charge in [-0.25, -0.2) is 9.97 Å². The Bertz CT molecular complexity index is 814. The maximum Gasteiger partial charge on any atom is 0.278 e. The van der Waals surface area contributed by atoms with Crippen molar-refractivity contribution in [1.82, 2.24) is 19.5 Å². The number of aromatic amines is 1. The average molecular weight is 351 g/mol. The first-order chi connectivity index (χ1) is 12.1. The quantitative estimate of drug-likeness (QED) is 0.537. The molecule has 136 valence electrons. The topological polar surface area (TPSA) is 137 Å². The van der Waals surface area contributed by atoms with Crippen LogP contribution < -0.4 is 10.5 Å². The molecule has 4 atom stereocenters. The molecule has 0 amide bonds. The number of piperidine rings is 1. The summed E-state index contributed by atoms with van der Waals surface area (Å²) < 4.78 is 7.21. The fourth-order valence-electron chi connectivity index (χ4n) is 3.55. The van der Waals surface area contributed by atoms with Gasteiger partial charge in [0, 0.05) is 13.1 Å². The van der Waals surface area contributed by atoms with Gasteiger partial charge in [-0.05, 0) is 19.3 Å². The molecule has 4 rings (SSSR count). The zero-order valence-electron chi connectivity index (χ0n) is 13.6. The van der Waals surface area contributed by atoms with Crippen LogP contribution in [-0.2, 0) is 4.74 Å². The first-order valence-corrected chi connectivity index (χ1v) is 8.45. The summed E-state index contributed by atoms with van der Waals surface area (Å²) >= 11 is 0. The van der Waals surface area contributed by atoms with Crippen LogP contribution in [-0.4, -0.2) is 72.8 Å². The number of aromatic nitrogens is 4. The fraction of sp³-hybridized carbons (Fsp3) is 0.667. The van der Waals surface area contributed by atoms with Crippen LogP contribution in [0, 0.1) is 0 Å². The highest BCUT2D eigenvalue weighted by atomic mass is 16.6. The SMILES string of the molecule is O=c1[nH]cnc2c1nc(N1CCCCC1)n2[C@@H]1O[C@H](CO)[C@@H](O)[C@H]1O. The Balaban J connectivity index is 1.86. The van der Waals surface area contributed by atoms with Crippen LogP contribution in [0.1, 0.15) is 25.5 Å². The molecule has 25 heavy (non-hydrogen) atoms. The summed E-state index contributed by atoms with van der Waals surface area (Å²) in [6.07, 6.45) is 0.0132. The number of hydrogen-bond acceptors (Lipinski definition) is 8. The number of aliphatic hydroxyl groups excluding tert-OH is 3. The number of imidazole rings is 1. The normalized spacial score (nSPS) is 30.3. The van der Waals surface area contributed by atoms with Gasteiger partial charge in [-0.15, -0.1) is 0 Å². The largest absolute Gasteiger partial charge is 0.394 e. The molecule has 2 saturated heterocycles. The van der Waals surface area contributed by atoms with Crippen LogP contribution in [0.5, 0.6) is 0 Å². The van der Waals surface area contributed by atoms with E-state index in [4.69, 9.17) is 4.74 Å². The lowest BCUT2D eigenvalue weighted by Crippen LogP contribution is -2.35. The minimum absolute atomic E-state index is 0.154. The average Bonchev–Trinajstić information content (AvgIpc) is 3.15. The zero-order valence-corrected chi connectivity index (χ0v) is 13.6. The third kappa shape index (κ3) is 2.61. The highest BCUT2D eigenvalue weighted by Gasteiger charge is 2.45. The predicted molar refractivity (Wildman–Crippen MR) is 87.2 cm³/mol. The first kappa shape index (κ1) is 16.5. The van der Waals surface area contributed by atoms with Gasteiger partial charge in [0.05, 0.1) is 12.9 Å². The van der Waals surface area contributed by atoms with Crippen molar-refractivity contribution in [3.05, 3.63) is 16.7 Å². The summed E-state index contributed by atoms with van der Waals surface area (Å²) in [6.45, 7) is 1.13. The summed E-state index contributed by atoms with van der Waals surface area (Å²) in [4.78, 5) is 25.3. The highest BCUT2D eigenvalue weighted by Crippen LogP contribution is 2.35. The van der Waals surface area contributed by atoms with Crippen molar-refractivity contribution in [3.63, 3.8) is 0 Å². The van der Waals surface area contributed by atoms with Crippen molar-refractivity contribution in [2.45, 2.75) is 43.8 Å². The van der Waals surface area contributed by atoms with E-state index in [1.165, 1.54) is 6.33 Å². The smallest absolute Gasteiger partial charge is 0.278 e. The molecule has 2 aliphatic rings. The van der Waals surface area contributed by atoms with Gasteiger partial charge in [0.2, 0.25) is 5.95 Å². The van der Waals surface area contributed by atoms with E-state index in [0.29, 0.717) is 5.95 Å². The second-order valence-corrected chi connectivity index (χ2v) is 6.46. The van der Waals surface area contributed by atoms with Crippen LogP contribution in [0.15, 0.2) is 11.1 Å². The Morgan fingerprint density at radius 2 is 2.00 bits per heavy atom. The predicted octanol–water partition coefficient (Wildman–Crippen LogP) is -1.28. The number of anilines is 1. The lowest BCUT2D eigenvalue weighted by Gasteiger charge is -2.30. The number of H-pyrrole nitrogens is 1. The molecule has 2 aromatic heterocycles. The van der Waals surface area contributed by atoms with Crippen LogP contribution in [0.4, 0.5) is 5.95 Å². The van der Waals surface area contributed by atoms with Crippen LogP contribution in [0.3, 0.4) is 0 Å². The number of hydrogen-bond donors (Lipinski definition) is 4. The van der Waals surface area contributed by atoms with E-state index in [2.05, 4.69) is 15.0 Å². The Kier molecular flexibility index (Phi) is 4.20. The van der Waals surface area contributed by atoms with E-state index in [1.54, 1.807) is 4.57 Å². The first-order valence-electron chi connectivity index (χ1n) is 8.45. The molecule has 4 heterocycles. The van der Waals surface area contributed by atoms with E-state index in [9.17, 15) is 20.1 Å². The molecular weight excluding hydrogens is 330 g/mol. The van der Waals surface area contributed by atoms with Gasteiger partial charge in [-0.2, -0.15) is 0 Å². The molecule has 2 fully saturated rings. The van der Waals surface area contributed by atoms with Crippen molar-refractivity contribution in [1.29, 1.82) is 0 Å². The van der Waals surface area contributed by atoms with Crippen LogP contribution >= 0.6 is 0 Å². The third-order valence-electron chi connectivity index (χ3n) is 4.88. The molecule has 0 bridgehead atoms. The molecule has 0 radical (unpaired) electrons. The lowest BCUT2D eigenvalue weighted by atomic mass is 10.1. The molecule has 10 nitrogen and oxygen atoms in total. The van der Waals surface area contributed by atoms with Gasteiger partial charge in [-0.3, -0.25) is 9.36 Å². The van der Waals surface area contributed by atoms with E-state index >= 15 is 0 Å². The minimum Gasteiger partial charge on any atom is -0.394 e. The third-order valence-corrected chi connectivity index (χ3v) is 4.88. The van der Waals surface area contributed by atoms with E-state index < -0.39 is 31.1 Å². The summed E-state index contributed by atoms with van der Waals surface area (Å²) in [6, 6.07) is 0. The number of aliphatic hydroxyl groups is 3. The van der Waals surface area contributed by atoms with Crippen molar-refractivity contribution in [2.75, 3.05) is 24.6 Å². The number of nitrogens with one attached hydrogen (secondary N) is 1. The molecule has 0 saturated carbocycles. The molecule has 0 aromatic carbocycles. The van der Waals surface area contributed by atoms with Crippen molar-refractivity contribution >= 4 is 17.1 Å². The zero-order chi connectivity index (χ0) is 17.6. The number of fused-ring (bicyclic) bond motifs is 1. The van der Waals surface area contributed by atoms with Gasteiger partial charge in [-0.1, -0.05) is 0 Å².